The molecule has 7 nitrogen and oxygen atoms in total. The average molecular weight is 252 g/mol. The molecule has 0 aliphatic heterocycles. The molecule has 1 aromatic carbocycles. The molecule has 18 heavy (non-hydrogen) atoms. The Kier molecular flexibility index (Phi) is 5.46. The number of amides is 1. The van der Waals surface area contributed by atoms with Crippen LogP contribution < -0.4 is 21.5 Å². The van der Waals surface area contributed by atoms with Crippen LogP contribution in [0.4, 0.5) is 0 Å². The van der Waals surface area contributed by atoms with E-state index in [1.807, 2.05) is 0 Å². The zero-order valence-electron chi connectivity index (χ0n) is 9.80. The number of nitrogens with one attached hydrogen (secondary N) is 1. The van der Waals surface area contributed by atoms with Gasteiger partial charge in [-0.2, -0.15) is 0 Å². The monoisotopic (exact) mass is 252 g/mol. The number of nitrogens with zero attached hydrogens (tertiary/aromatic N) is 1. The number of ether oxygens (including phenoxy) is 1. The van der Waals surface area contributed by atoms with Crippen molar-refractivity contribution in [3.8, 4) is 5.75 Å². The van der Waals surface area contributed by atoms with E-state index in [4.69, 9.17) is 21.4 Å². The molecule has 1 rings (SSSR count). The fourth-order valence-electron chi connectivity index (χ4n) is 1.23. The minimum Gasteiger partial charge on any atom is -0.492 e. The molecule has 1 aromatic rings. The first-order chi connectivity index (χ1) is 8.63. The number of rotatable bonds is 7. The van der Waals surface area contributed by atoms with E-state index in [0.717, 1.165) is 0 Å². The van der Waals surface area contributed by atoms with Crippen LogP contribution in [-0.4, -0.2) is 36.6 Å². The Morgan fingerprint density at radius 1 is 1.33 bits per heavy atom. The van der Waals surface area contributed by atoms with E-state index in [1.54, 1.807) is 24.3 Å². The molecule has 0 bridgehead atoms. The van der Waals surface area contributed by atoms with Gasteiger partial charge in [-0.1, -0.05) is 5.16 Å². The van der Waals surface area contributed by atoms with Gasteiger partial charge in [0.2, 0.25) is 5.91 Å². The van der Waals surface area contributed by atoms with E-state index in [-0.39, 0.29) is 12.4 Å². The van der Waals surface area contributed by atoms with Crippen LogP contribution >= 0.6 is 0 Å². The third kappa shape index (κ3) is 4.71. The summed E-state index contributed by atoms with van der Waals surface area (Å²) in [6.07, 6.45) is 0. The van der Waals surface area contributed by atoms with Crippen molar-refractivity contribution >= 4 is 11.7 Å². The highest BCUT2D eigenvalue weighted by Gasteiger charge is 1.99. The second-order valence-electron chi connectivity index (χ2n) is 3.50. The van der Waals surface area contributed by atoms with Gasteiger partial charge in [0.05, 0.1) is 6.54 Å². The van der Waals surface area contributed by atoms with Crippen molar-refractivity contribution < 1.29 is 14.7 Å². The number of benzene rings is 1. The predicted molar refractivity (Wildman–Crippen MR) is 66.5 cm³/mol. The summed E-state index contributed by atoms with van der Waals surface area (Å²) in [5, 5.41) is 14.2. The minimum absolute atomic E-state index is 0.0460. The van der Waals surface area contributed by atoms with Crippen LogP contribution in [0.2, 0.25) is 0 Å². The molecule has 6 N–H and O–H groups in total. The lowest BCUT2D eigenvalue weighted by Crippen LogP contribution is -2.31. The zero-order chi connectivity index (χ0) is 13.4. The van der Waals surface area contributed by atoms with E-state index >= 15 is 0 Å². The van der Waals surface area contributed by atoms with Crippen molar-refractivity contribution in [2.45, 2.75) is 0 Å². The smallest absolute Gasteiger partial charge is 0.231 e. The molecule has 0 aliphatic carbocycles. The van der Waals surface area contributed by atoms with Crippen LogP contribution in [0.1, 0.15) is 5.56 Å². The number of carbonyl (C=O) groups is 1. The Hall–Kier alpha value is -2.28. The Morgan fingerprint density at radius 2 is 2.00 bits per heavy atom. The van der Waals surface area contributed by atoms with Gasteiger partial charge in [-0.3, -0.25) is 4.79 Å². The fraction of sp³-hybridized carbons (Fsp3) is 0.273. The predicted octanol–water partition coefficient (Wildman–Crippen LogP) is -0.765. The molecule has 0 aromatic heterocycles. The van der Waals surface area contributed by atoms with Crippen LogP contribution in [-0.2, 0) is 4.79 Å². The van der Waals surface area contributed by atoms with Gasteiger partial charge in [-0.15, -0.1) is 0 Å². The Bertz CT molecular complexity index is 417. The summed E-state index contributed by atoms with van der Waals surface area (Å²) in [5.41, 5.74) is 11.0. The molecule has 0 atom stereocenters. The first kappa shape index (κ1) is 13.8. The van der Waals surface area contributed by atoms with Gasteiger partial charge in [0.1, 0.15) is 12.4 Å². The van der Waals surface area contributed by atoms with Gasteiger partial charge in [0.25, 0.3) is 0 Å². The quantitative estimate of drug-likeness (QED) is 0.167. The summed E-state index contributed by atoms with van der Waals surface area (Å²) >= 11 is 0. The van der Waals surface area contributed by atoms with E-state index in [9.17, 15) is 4.79 Å². The van der Waals surface area contributed by atoms with Gasteiger partial charge in [-0.25, -0.2) is 0 Å². The largest absolute Gasteiger partial charge is 0.492 e. The first-order valence-corrected chi connectivity index (χ1v) is 5.33. The lowest BCUT2D eigenvalue weighted by Gasteiger charge is -2.07. The summed E-state index contributed by atoms with van der Waals surface area (Å²) in [6.45, 7) is 1.06. The molecule has 7 heteroatoms. The number of carbonyl (C=O) groups excluding carboxylic acids is 1. The molecule has 0 unspecified atom stereocenters. The lowest BCUT2D eigenvalue weighted by molar-refractivity contribution is -0.117. The number of hydrogen-bond acceptors (Lipinski definition) is 5. The van der Waals surface area contributed by atoms with Crippen molar-refractivity contribution in [1.29, 1.82) is 0 Å². The van der Waals surface area contributed by atoms with Crippen molar-refractivity contribution in [2.75, 3.05) is 19.7 Å². The van der Waals surface area contributed by atoms with E-state index < -0.39 is 5.91 Å². The first-order valence-electron chi connectivity index (χ1n) is 5.33. The number of nitrogens with two attached hydrogens (primary N) is 2. The molecular formula is C11H16N4O3. The summed E-state index contributed by atoms with van der Waals surface area (Å²) in [4.78, 5) is 10.4. The molecule has 0 radical (unpaired) electrons. The Labute approximate surface area is 104 Å². The van der Waals surface area contributed by atoms with Crippen LogP contribution in [0.15, 0.2) is 29.4 Å². The molecule has 0 heterocycles. The normalized spacial score (nSPS) is 11.2. The van der Waals surface area contributed by atoms with Crippen LogP contribution in [0.25, 0.3) is 0 Å². The van der Waals surface area contributed by atoms with E-state index in [0.29, 0.717) is 24.5 Å². The van der Waals surface area contributed by atoms with Crippen molar-refractivity contribution in [1.82, 2.24) is 5.32 Å². The number of amidine groups is 1. The molecule has 98 valence electrons. The summed E-state index contributed by atoms with van der Waals surface area (Å²) < 4.78 is 5.40. The highest BCUT2D eigenvalue weighted by molar-refractivity contribution is 5.97. The maximum absolute atomic E-state index is 10.4. The third-order valence-electron chi connectivity index (χ3n) is 2.10. The maximum Gasteiger partial charge on any atom is 0.231 e. The molecule has 1 amide bonds. The highest BCUT2D eigenvalue weighted by atomic mass is 16.5. The zero-order valence-corrected chi connectivity index (χ0v) is 9.80. The van der Waals surface area contributed by atoms with Gasteiger partial charge in [0, 0.05) is 12.1 Å². The van der Waals surface area contributed by atoms with Gasteiger partial charge in [-0.05, 0) is 24.3 Å². The third-order valence-corrected chi connectivity index (χ3v) is 2.10. The molecule has 0 aliphatic rings. The Balaban J connectivity index is 2.33. The summed E-state index contributed by atoms with van der Waals surface area (Å²) in [6, 6.07) is 6.78. The molecule has 0 saturated heterocycles. The fourth-order valence-corrected chi connectivity index (χ4v) is 1.23. The topological polar surface area (TPSA) is 123 Å². The lowest BCUT2D eigenvalue weighted by atomic mass is 10.2. The van der Waals surface area contributed by atoms with Crippen LogP contribution in [0.5, 0.6) is 5.75 Å². The van der Waals surface area contributed by atoms with Crippen LogP contribution in [0, 0.1) is 0 Å². The summed E-state index contributed by atoms with van der Waals surface area (Å²) in [7, 11) is 0. The highest BCUT2D eigenvalue weighted by Crippen LogP contribution is 2.11. The maximum atomic E-state index is 10.4. The van der Waals surface area contributed by atoms with E-state index in [2.05, 4.69) is 10.5 Å². The molecule has 0 saturated carbocycles. The summed E-state index contributed by atoms with van der Waals surface area (Å²) in [5.74, 6) is 0.299. The van der Waals surface area contributed by atoms with Gasteiger partial charge in [0.15, 0.2) is 5.84 Å². The SMILES string of the molecule is NC(=O)CNCCOc1ccc(C(N)=NO)cc1. The average Bonchev–Trinajstić information content (AvgIpc) is 2.38. The standard InChI is InChI=1S/C11H16N4O3/c12-10(16)7-14-5-6-18-9-3-1-8(2-4-9)11(13)15-17/h1-4,14,17H,5-7H2,(H2,12,16)(H2,13,15). The van der Waals surface area contributed by atoms with Crippen molar-refractivity contribution in [3.05, 3.63) is 29.8 Å². The second kappa shape index (κ2) is 7.13. The van der Waals surface area contributed by atoms with Gasteiger partial charge < -0.3 is 26.7 Å². The van der Waals surface area contributed by atoms with Crippen molar-refractivity contribution in [2.24, 2.45) is 16.6 Å². The second-order valence-corrected chi connectivity index (χ2v) is 3.50. The minimum atomic E-state index is -0.405. The van der Waals surface area contributed by atoms with Gasteiger partial charge >= 0.3 is 0 Å². The number of oxime groups is 1. The molecule has 0 spiro atoms. The van der Waals surface area contributed by atoms with Crippen molar-refractivity contribution in [3.63, 3.8) is 0 Å². The Morgan fingerprint density at radius 3 is 2.56 bits per heavy atom. The van der Waals surface area contributed by atoms with E-state index in [1.165, 1.54) is 0 Å². The molecule has 0 fully saturated rings. The number of primary amides is 1. The van der Waals surface area contributed by atoms with Crippen LogP contribution in [0.3, 0.4) is 0 Å². The number of hydrogen-bond donors (Lipinski definition) is 4. The molecular weight excluding hydrogens is 236 g/mol.